The van der Waals surface area contributed by atoms with Gasteiger partial charge in [0.15, 0.2) is 0 Å². The van der Waals surface area contributed by atoms with Crippen LogP contribution in [0, 0.1) is 13.1 Å². The highest BCUT2D eigenvalue weighted by molar-refractivity contribution is 5.86. The Morgan fingerprint density at radius 2 is 1.43 bits per heavy atom. The zero-order valence-corrected chi connectivity index (χ0v) is 23.1. The van der Waals surface area contributed by atoms with Crippen LogP contribution in [0.1, 0.15) is 0 Å². The molecule has 3 aromatic carbocycles. The van der Waals surface area contributed by atoms with Crippen molar-refractivity contribution in [2.45, 2.75) is 0 Å². The first kappa shape index (κ1) is 27.9. The van der Waals surface area contributed by atoms with E-state index in [0.717, 1.165) is 44.9 Å². The minimum Gasteiger partial charge on any atom is -1.00 e. The van der Waals surface area contributed by atoms with Crippen molar-refractivity contribution in [3.8, 4) is 11.4 Å². The molecular formula is C28H29IN6O2. The van der Waals surface area contributed by atoms with Gasteiger partial charge < -0.3 is 53.3 Å². The van der Waals surface area contributed by atoms with E-state index in [1.807, 2.05) is 60.5 Å². The van der Waals surface area contributed by atoms with E-state index in [1.54, 1.807) is 7.11 Å². The van der Waals surface area contributed by atoms with Crippen molar-refractivity contribution >= 4 is 33.4 Å². The van der Waals surface area contributed by atoms with Gasteiger partial charge in [0.05, 0.1) is 26.8 Å². The quantitative estimate of drug-likeness (QED) is 0.125. The van der Waals surface area contributed by atoms with Crippen LogP contribution in [0.15, 0.2) is 60.7 Å². The first-order valence-corrected chi connectivity index (χ1v) is 11.8. The second-order valence-electron chi connectivity index (χ2n) is 8.39. The van der Waals surface area contributed by atoms with Gasteiger partial charge in [-0.05, 0) is 36.4 Å². The Morgan fingerprint density at radius 1 is 0.865 bits per heavy atom. The van der Waals surface area contributed by atoms with Gasteiger partial charge in [-0.1, -0.05) is 0 Å². The molecule has 0 saturated heterocycles. The molecule has 1 heterocycles. The van der Waals surface area contributed by atoms with Crippen molar-refractivity contribution in [2.75, 3.05) is 63.3 Å². The predicted octanol–water partition coefficient (Wildman–Crippen LogP) is 0.751. The third-order valence-electron chi connectivity index (χ3n) is 6.18. The SMILES string of the molecule is [C-]#[N+]CCN(CC[N+]#[C-])c1ccc2nc3ccc(N(C)CCO)cc3[n+](-c3ccc(OC)cc3)c2c1.[I-]. The molecule has 0 unspecified atom stereocenters. The number of aliphatic hydroxyl groups is 1. The van der Waals surface area contributed by atoms with Crippen LogP contribution in [0.2, 0.25) is 0 Å². The van der Waals surface area contributed by atoms with Crippen LogP contribution in [0.3, 0.4) is 0 Å². The summed E-state index contributed by atoms with van der Waals surface area (Å²) >= 11 is 0. The number of ether oxygens (including phenoxy) is 1. The van der Waals surface area contributed by atoms with Crippen LogP contribution >= 0.6 is 0 Å². The van der Waals surface area contributed by atoms with E-state index in [9.17, 15) is 5.11 Å². The standard InChI is InChI=1S/C28H29N6O2.HI/c1-29-13-15-33(16-14-30-2)23-8-12-26-28(20-23)34(21-5-9-24(36-4)10-6-21)27-19-22(32(3)17-18-35)7-11-25(27)31-26;/h5-12,19-20,35H,13-18H2,3-4H3;1H/q+1;/p-1. The molecule has 9 heteroatoms. The van der Waals surface area contributed by atoms with Crippen molar-refractivity contribution in [1.29, 1.82) is 0 Å². The summed E-state index contributed by atoms with van der Waals surface area (Å²) < 4.78 is 7.56. The molecule has 0 aliphatic carbocycles. The van der Waals surface area contributed by atoms with Crippen molar-refractivity contribution in [3.05, 3.63) is 83.5 Å². The fraction of sp³-hybridized carbons (Fsp3) is 0.286. The fourth-order valence-electron chi connectivity index (χ4n) is 4.26. The molecule has 0 fully saturated rings. The van der Waals surface area contributed by atoms with Gasteiger partial charge in [0, 0.05) is 49.2 Å². The number of rotatable bonds is 10. The van der Waals surface area contributed by atoms with E-state index in [0.29, 0.717) is 32.7 Å². The Labute approximate surface area is 234 Å². The Balaban J connectivity index is 0.00000380. The summed E-state index contributed by atoms with van der Waals surface area (Å²) in [4.78, 5) is 16.1. The largest absolute Gasteiger partial charge is 1.00 e. The van der Waals surface area contributed by atoms with Crippen molar-refractivity contribution < 1.29 is 38.4 Å². The lowest BCUT2D eigenvalue weighted by Crippen LogP contribution is -3.00. The van der Waals surface area contributed by atoms with Crippen LogP contribution < -0.4 is 43.1 Å². The minimum absolute atomic E-state index is 0. The third-order valence-corrected chi connectivity index (χ3v) is 6.18. The summed E-state index contributed by atoms with van der Waals surface area (Å²) in [6, 6.07) is 20.1. The number of hydrogen-bond donors (Lipinski definition) is 1. The molecule has 4 aromatic rings. The maximum atomic E-state index is 9.43. The summed E-state index contributed by atoms with van der Waals surface area (Å²) in [5.41, 5.74) is 6.43. The number of likely N-dealkylation sites (N-methyl/N-ethyl adjacent to an activating group) is 1. The van der Waals surface area contributed by atoms with Gasteiger partial charge in [-0.2, -0.15) is 0 Å². The highest BCUT2D eigenvalue weighted by Gasteiger charge is 2.22. The summed E-state index contributed by atoms with van der Waals surface area (Å²) in [5.74, 6) is 0.774. The number of methoxy groups -OCH3 is 1. The molecule has 0 aliphatic heterocycles. The van der Waals surface area contributed by atoms with Crippen LogP contribution in [-0.4, -0.2) is 63.6 Å². The molecule has 0 bridgehead atoms. The van der Waals surface area contributed by atoms with Gasteiger partial charge in [-0.3, -0.25) is 0 Å². The summed E-state index contributed by atoms with van der Waals surface area (Å²) in [7, 11) is 3.60. The van der Waals surface area contributed by atoms with E-state index >= 15 is 0 Å². The molecule has 4 rings (SSSR count). The predicted molar refractivity (Wildman–Crippen MR) is 143 cm³/mol. The average molecular weight is 608 g/mol. The number of nitrogens with zero attached hydrogens (tertiary/aromatic N) is 6. The third kappa shape index (κ3) is 6.19. The number of anilines is 2. The highest BCUT2D eigenvalue weighted by Crippen LogP contribution is 2.26. The fourth-order valence-corrected chi connectivity index (χ4v) is 4.26. The normalized spacial score (nSPS) is 10.4. The molecule has 1 aromatic heterocycles. The number of aromatic nitrogens is 2. The van der Waals surface area contributed by atoms with Crippen LogP contribution in [0.5, 0.6) is 5.75 Å². The lowest BCUT2D eigenvalue weighted by molar-refractivity contribution is -0.538. The Kier molecular flexibility index (Phi) is 9.84. The van der Waals surface area contributed by atoms with Crippen LogP contribution in [0.4, 0.5) is 11.4 Å². The Bertz CT molecular complexity index is 1430. The molecule has 190 valence electrons. The monoisotopic (exact) mass is 608 g/mol. The van der Waals surface area contributed by atoms with Crippen molar-refractivity contribution in [2.24, 2.45) is 0 Å². The highest BCUT2D eigenvalue weighted by atomic mass is 127. The minimum atomic E-state index is 0. The zero-order valence-electron chi connectivity index (χ0n) is 20.9. The summed E-state index contributed by atoms with van der Waals surface area (Å²) in [6.07, 6.45) is 0. The van der Waals surface area contributed by atoms with Gasteiger partial charge in [0.2, 0.25) is 29.8 Å². The lowest BCUT2D eigenvalue weighted by atomic mass is 10.1. The average Bonchev–Trinajstić information content (AvgIpc) is 2.91. The molecule has 8 nitrogen and oxygen atoms in total. The number of fused-ring (bicyclic) bond motifs is 2. The maximum Gasteiger partial charge on any atom is 0.239 e. The number of halogens is 1. The number of benzene rings is 3. The topological polar surface area (TPSA) is 61.4 Å². The van der Waals surface area contributed by atoms with E-state index in [2.05, 4.69) is 31.3 Å². The number of hydrogen-bond acceptors (Lipinski definition) is 5. The summed E-state index contributed by atoms with van der Waals surface area (Å²) in [6.45, 7) is 16.9. The first-order chi connectivity index (χ1) is 17.6. The smallest absolute Gasteiger partial charge is 0.239 e. The van der Waals surface area contributed by atoms with Crippen LogP contribution in [-0.2, 0) is 0 Å². The van der Waals surface area contributed by atoms with E-state index in [4.69, 9.17) is 22.9 Å². The maximum absolute atomic E-state index is 9.43. The van der Waals surface area contributed by atoms with E-state index in [1.165, 1.54) is 0 Å². The van der Waals surface area contributed by atoms with Gasteiger partial charge in [0.1, 0.15) is 16.8 Å². The van der Waals surface area contributed by atoms with E-state index in [-0.39, 0.29) is 30.6 Å². The molecule has 0 spiro atoms. The van der Waals surface area contributed by atoms with Gasteiger partial charge in [-0.25, -0.2) is 18.1 Å². The molecule has 0 saturated carbocycles. The van der Waals surface area contributed by atoms with Crippen LogP contribution in [0.25, 0.3) is 37.4 Å². The van der Waals surface area contributed by atoms with Crippen molar-refractivity contribution in [3.63, 3.8) is 0 Å². The van der Waals surface area contributed by atoms with Gasteiger partial charge in [-0.15, -0.1) is 4.57 Å². The second-order valence-corrected chi connectivity index (χ2v) is 8.39. The second kappa shape index (κ2) is 13.0. The molecule has 0 radical (unpaired) electrons. The Morgan fingerprint density at radius 3 is 1.97 bits per heavy atom. The van der Waals surface area contributed by atoms with E-state index < -0.39 is 0 Å². The van der Waals surface area contributed by atoms with Gasteiger partial charge >= 0.3 is 0 Å². The van der Waals surface area contributed by atoms with Crippen molar-refractivity contribution in [1.82, 2.24) is 4.98 Å². The van der Waals surface area contributed by atoms with Gasteiger partial charge in [0.25, 0.3) is 0 Å². The zero-order chi connectivity index (χ0) is 25.5. The first-order valence-electron chi connectivity index (χ1n) is 11.8. The molecule has 37 heavy (non-hydrogen) atoms. The molecule has 0 aliphatic rings. The molecule has 0 atom stereocenters. The summed E-state index contributed by atoms with van der Waals surface area (Å²) in [5, 5.41) is 9.43. The molecular weight excluding hydrogens is 579 g/mol. The lowest BCUT2D eigenvalue weighted by Gasteiger charge is -2.20. The Hall–Kier alpha value is -3.67. The number of aliphatic hydroxyl groups excluding tert-OH is 1. The molecule has 0 amide bonds. The molecule has 1 N–H and O–H groups in total.